The number of hydrogen-bond donors (Lipinski definition) is 1. The van der Waals surface area contributed by atoms with Crippen molar-refractivity contribution in [3.8, 4) is 0 Å². The quantitative estimate of drug-likeness (QED) is 0.841. The van der Waals surface area contributed by atoms with Crippen molar-refractivity contribution >= 4 is 0 Å². The average Bonchev–Trinajstić information content (AvgIpc) is 2.28. The first kappa shape index (κ1) is 13.4. The summed E-state index contributed by atoms with van der Waals surface area (Å²) in [6.07, 6.45) is -3.05. The molecule has 0 saturated carbocycles. The maximum atomic E-state index is 12.7. The number of ether oxygens (including phenoxy) is 1. The molecule has 1 aromatic rings. The van der Waals surface area contributed by atoms with E-state index >= 15 is 0 Å². The number of hydrogen-bond acceptors (Lipinski definition) is 2. The Morgan fingerprint density at radius 3 is 2.72 bits per heavy atom. The van der Waals surface area contributed by atoms with E-state index in [9.17, 15) is 13.2 Å². The molecule has 18 heavy (non-hydrogen) atoms. The van der Waals surface area contributed by atoms with Crippen molar-refractivity contribution in [2.45, 2.75) is 37.6 Å². The fourth-order valence-corrected chi connectivity index (χ4v) is 2.32. The first-order valence-electron chi connectivity index (χ1n) is 5.88. The summed E-state index contributed by atoms with van der Waals surface area (Å²) in [6.45, 7) is 2.27. The highest BCUT2D eigenvalue weighted by atomic mass is 19.4. The highest BCUT2D eigenvalue weighted by Crippen LogP contribution is 2.37. The minimum absolute atomic E-state index is 0.0294. The zero-order chi connectivity index (χ0) is 13.4. The van der Waals surface area contributed by atoms with Crippen LogP contribution in [0.1, 0.15) is 30.9 Å². The summed E-state index contributed by atoms with van der Waals surface area (Å²) in [5, 5.41) is 0. The minimum Gasteiger partial charge on any atom is -0.370 e. The van der Waals surface area contributed by atoms with Gasteiger partial charge in [0.15, 0.2) is 0 Å². The fourth-order valence-electron chi connectivity index (χ4n) is 2.32. The average molecular weight is 259 g/mol. The number of nitrogens with two attached hydrogens (primary N) is 1. The van der Waals surface area contributed by atoms with Crippen LogP contribution in [0.25, 0.3) is 0 Å². The van der Waals surface area contributed by atoms with Crippen LogP contribution >= 0.6 is 0 Å². The summed E-state index contributed by atoms with van der Waals surface area (Å²) in [5.74, 6) is 0. The molecule has 2 atom stereocenters. The Morgan fingerprint density at radius 1 is 1.39 bits per heavy atom. The molecule has 0 amide bonds. The van der Waals surface area contributed by atoms with Gasteiger partial charge < -0.3 is 10.5 Å². The van der Waals surface area contributed by atoms with E-state index in [4.69, 9.17) is 10.5 Å². The van der Waals surface area contributed by atoms with Crippen molar-refractivity contribution < 1.29 is 17.9 Å². The van der Waals surface area contributed by atoms with Gasteiger partial charge in [-0.05, 0) is 37.5 Å². The largest absolute Gasteiger partial charge is 0.416 e. The summed E-state index contributed by atoms with van der Waals surface area (Å²) >= 11 is 0. The Hall–Kier alpha value is -1.07. The second-order valence-corrected chi connectivity index (χ2v) is 4.91. The first-order chi connectivity index (χ1) is 8.31. The van der Waals surface area contributed by atoms with E-state index in [0.717, 1.165) is 18.6 Å². The molecule has 2 unspecified atom stereocenters. The fraction of sp³-hybridized carbons (Fsp3) is 0.538. The van der Waals surface area contributed by atoms with Gasteiger partial charge in [-0.2, -0.15) is 13.2 Å². The highest BCUT2D eigenvalue weighted by Gasteiger charge is 2.36. The van der Waals surface area contributed by atoms with Crippen LogP contribution in [0.3, 0.4) is 0 Å². The van der Waals surface area contributed by atoms with Gasteiger partial charge in [0.05, 0.1) is 11.2 Å². The molecule has 0 spiro atoms. The van der Waals surface area contributed by atoms with Crippen molar-refractivity contribution in [3.63, 3.8) is 0 Å². The zero-order valence-electron chi connectivity index (χ0n) is 10.1. The van der Waals surface area contributed by atoms with E-state index in [-0.39, 0.29) is 6.04 Å². The van der Waals surface area contributed by atoms with Gasteiger partial charge >= 0.3 is 6.18 Å². The van der Waals surface area contributed by atoms with E-state index < -0.39 is 17.3 Å². The first-order valence-corrected chi connectivity index (χ1v) is 5.88. The third-order valence-corrected chi connectivity index (χ3v) is 3.36. The molecular weight excluding hydrogens is 243 g/mol. The van der Waals surface area contributed by atoms with E-state index in [1.54, 1.807) is 13.0 Å². The van der Waals surface area contributed by atoms with Gasteiger partial charge in [0, 0.05) is 12.6 Å². The standard InChI is InChI=1S/C13H16F3NO/c1-12(8-11(17)5-6-18-12)9-3-2-4-10(7-9)13(14,15)16/h2-4,7,11H,5-6,8,17H2,1H3. The summed E-state index contributed by atoms with van der Waals surface area (Å²) in [4.78, 5) is 0. The van der Waals surface area contributed by atoms with Crippen molar-refractivity contribution in [2.24, 2.45) is 5.73 Å². The summed E-state index contributed by atoms with van der Waals surface area (Å²) in [6, 6.07) is 5.26. The summed E-state index contributed by atoms with van der Waals surface area (Å²) in [5.41, 5.74) is 5.03. The van der Waals surface area contributed by atoms with Crippen LogP contribution in [-0.4, -0.2) is 12.6 Å². The van der Waals surface area contributed by atoms with Gasteiger partial charge in [0.2, 0.25) is 0 Å². The lowest BCUT2D eigenvalue weighted by molar-refractivity contribution is -0.138. The molecular formula is C13H16F3NO. The van der Waals surface area contributed by atoms with E-state index in [2.05, 4.69) is 0 Å². The molecule has 1 aliphatic heterocycles. The molecule has 0 radical (unpaired) electrons. The van der Waals surface area contributed by atoms with Crippen molar-refractivity contribution in [1.29, 1.82) is 0 Å². The number of benzene rings is 1. The van der Waals surface area contributed by atoms with Crippen LogP contribution < -0.4 is 5.73 Å². The third-order valence-electron chi connectivity index (χ3n) is 3.36. The lowest BCUT2D eigenvalue weighted by Gasteiger charge is -2.37. The number of halogens is 3. The Labute approximate surface area is 104 Å². The molecule has 0 bridgehead atoms. The Morgan fingerprint density at radius 2 is 2.11 bits per heavy atom. The van der Waals surface area contributed by atoms with Crippen LogP contribution in [-0.2, 0) is 16.5 Å². The summed E-state index contributed by atoms with van der Waals surface area (Å²) in [7, 11) is 0. The molecule has 2 N–H and O–H groups in total. The molecule has 2 nitrogen and oxygen atoms in total. The number of rotatable bonds is 1. The molecule has 0 aliphatic carbocycles. The zero-order valence-corrected chi connectivity index (χ0v) is 10.1. The van der Waals surface area contributed by atoms with Gasteiger partial charge in [-0.25, -0.2) is 0 Å². The van der Waals surface area contributed by atoms with Gasteiger partial charge in [-0.15, -0.1) is 0 Å². The highest BCUT2D eigenvalue weighted by molar-refractivity contribution is 5.30. The van der Waals surface area contributed by atoms with Gasteiger partial charge in [0.25, 0.3) is 0 Å². The van der Waals surface area contributed by atoms with Crippen molar-refractivity contribution in [1.82, 2.24) is 0 Å². The van der Waals surface area contributed by atoms with Gasteiger partial charge in [0.1, 0.15) is 0 Å². The molecule has 5 heteroatoms. The second kappa shape index (κ2) is 4.55. The maximum Gasteiger partial charge on any atom is 0.416 e. The monoisotopic (exact) mass is 259 g/mol. The molecule has 0 aromatic heterocycles. The minimum atomic E-state index is -4.33. The van der Waals surface area contributed by atoms with Crippen molar-refractivity contribution in [2.75, 3.05) is 6.61 Å². The van der Waals surface area contributed by atoms with Crippen molar-refractivity contribution in [3.05, 3.63) is 35.4 Å². The Kier molecular flexibility index (Phi) is 3.38. The summed E-state index contributed by atoms with van der Waals surface area (Å²) < 4.78 is 43.7. The Bertz CT molecular complexity index is 432. The molecule has 2 rings (SSSR count). The third kappa shape index (κ3) is 2.67. The predicted octanol–water partition coefficient (Wildman–Crippen LogP) is 3.06. The lowest BCUT2D eigenvalue weighted by Crippen LogP contribution is -2.41. The smallest absolute Gasteiger partial charge is 0.370 e. The van der Waals surface area contributed by atoms with Gasteiger partial charge in [-0.1, -0.05) is 12.1 Å². The SMILES string of the molecule is CC1(c2cccc(C(F)(F)F)c2)CC(N)CCO1. The van der Waals surface area contributed by atoms with Crippen LogP contribution in [0.15, 0.2) is 24.3 Å². The number of alkyl halides is 3. The van der Waals surface area contributed by atoms with Crippen LogP contribution in [0.4, 0.5) is 13.2 Å². The predicted molar refractivity (Wildman–Crippen MR) is 62.0 cm³/mol. The molecule has 1 aromatic carbocycles. The maximum absolute atomic E-state index is 12.7. The molecule has 1 heterocycles. The van der Waals surface area contributed by atoms with Crippen LogP contribution in [0.2, 0.25) is 0 Å². The molecule has 1 saturated heterocycles. The Balaban J connectivity index is 2.33. The molecule has 1 fully saturated rings. The van der Waals surface area contributed by atoms with E-state index in [1.807, 2.05) is 0 Å². The molecule has 100 valence electrons. The van der Waals surface area contributed by atoms with E-state index in [0.29, 0.717) is 18.6 Å². The topological polar surface area (TPSA) is 35.2 Å². The van der Waals surface area contributed by atoms with Crippen LogP contribution in [0, 0.1) is 0 Å². The second-order valence-electron chi connectivity index (χ2n) is 4.91. The lowest BCUT2D eigenvalue weighted by atomic mass is 9.85. The normalized spacial score (nSPS) is 29.3. The van der Waals surface area contributed by atoms with E-state index in [1.165, 1.54) is 6.07 Å². The molecule has 1 aliphatic rings. The van der Waals surface area contributed by atoms with Crippen LogP contribution in [0.5, 0.6) is 0 Å². The van der Waals surface area contributed by atoms with Gasteiger partial charge in [-0.3, -0.25) is 0 Å².